The van der Waals surface area contributed by atoms with Crippen molar-refractivity contribution in [2.45, 2.75) is 38.1 Å². The molecule has 0 fully saturated rings. The largest absolute Gasteiger partial charge is 0.320 e. The van der Waals surface area contributed by atoms with Gasteiger partial charge in [0.2, 0.25) is 10.0 Å². The average Bonchev–Trinajstić information content (AvgIpc) is 2.45. The summed E-state index contributed by atoms with van der Waals surface area (Å²) in [5.74, 6) is 5.62. The van der Waals surface area contributed by atoms with Gasteiger partial charge in [-0.25, -0.2) is 8.42 Å². The number of rotatable bonds is 5. The summed E-state index contributed by atoms with van der Waals surface area (Å²) < 4.78 is 26.6. The quantitative estimate of drug-likeness (QED) is 0.842. The van der Waals surface area contributed by atoms with Crippen molar-refractivity contribution in [2.75, 3.05) is 13.1 Å². The van der Waals surface area contributed by atoms with Gasteiger partial charge in [0.15, 0.2) is 0 Å². The maximum atomic E-state index is 12.6. The van der Waals surface area contributed by atoms with Crippen LogP contribution in [0.4, 0.5) is 0 Å². The third-order valence-corrected chi connectivity index (χ3v) is 5.29. The van der Waals surface area contributed by atoms with Crippen molar-refractivity contribution in [3.8, 4) is 11.8 Å². The second-order valence-corrected chi connectivity index (χ2v) is 6.39. The van der Waals surface area contributed by atoms with Crippen LogP contribution in [0.15, 0.2) is 29.2 Å². The van der Waals surface area contributed by atoms with Crippen molar-refractivity contribution in [2.24, 2.45) is 5.73 Å². The lowest BCUT2D eigenvalue weighted by Gasteiger charge is -2.26. The third kappa shape index (κ3) is 3.83. The average molecular weight is 294 g/mol. The minimum Gasteiger partial charge on any atom is -0.320 e. The molecule has 0 radical (unpaired) electrons. The molecule has 0 aliphatic rings. The van der Waals surface area contributed by atoms with Gasteiger partial charge in [-0.15, -0.1) is 0 Å². The Morgan fingerprint density at radius 3 is 2.30 bits per heavy atom. The topological polar surface area (TPSA) is 63.4 Å². The molecule has 1 atom stereocenters. The molecule has 0 amide bonds. The molecule has 4 nitrogen and oxygen atoms in total. The van der Waals surface area contributed by atoms with Gasteiger partial charge in [-0.3, -0.25) is 0 Å². The summed E-state index contributed by atoms with van der Waals surface area (Å²) >= 11 is 0. The second kappa shape index (κ2) is 7.44. The van der Waals surface area contributed by atoms with Crippen molar-refractivity contribution in [1.29, 1.82) is 0 Å². The van der Waals surface area contributed by atoms with Gasteiger partial charge in [0.1, 0.15) is 0 Å². The molecule has 2 N–H and O–H groups in total. The van der Waals surface area contributed by atoms with Gasteiger partial charge in [-0.2, -0.15) is 4.31 Å². The summed E-state index contributed by atoms with van der Waals surface area (Å²) in [5, 5.41) is 0. The summed E-state index contributed by atoms with van der Waals surface area (Å²) in [7, 11) is -3.44. The first-order valence-corrected chi connectivity index (χ1v) is 8.22. The molecular weight excluding hydrogens is 272 g/mol. The summed E-state index contributed by atoms with van der Waals surface area (Å²) in [6.07, 6.45) is 0.785. The molecule has 1 aromatic rings. The van der Waals surface area contributed by atoms with E-state index < -0.39 is 10.0 Å². The highest BCUT2D eigenvalue weighted by molar-refractivity contribution is 7.89. The smallest absolute Gasteiger partial charge is 0.243 e. The Balaban J connectivity index is 3.09. The Morgan fingerprint density at radius 2 is 1.85 bits per heavy atom. The van der Waals surface area contributed by atoms with Crippen LogP contribution in [0.2, 0.25) is 0 Å². The predicted octanol–water partition coefficient (Wildman–Crippen LogP) is 1.81. The molecule has 20 heavy (non-hydrogen) atoms. The number of nitrogens with two attached hydrogens (primary N) is 1. The van der Waals surface area contributed by atoms with Crippen LogP contribution >= 0.6 is 0 Å². The molecule has 0 saturated carbocycles. The molecule has 110 valence electrons. The van der Waals surface area contributed by atoms with Crippen molar-refractivity contribution in [3.63, 3.8) is 0 Å². The standard InChI is InChI=1S/C15H22N2O2S/c1-4-13(3)17(5-2)20(18,19)15-10-8-14(9-11-15)7-6-12-16/h8-11,13H,4-5,12,16H2,1-3H3. The van der Waals surface area contributed by atoms with Crippen molar-refractivity contribution in [1.82, 2.24) is 4.31 Å². The lowest BCUT2D eigenvalue weighted by atomic mass is 10.2. The van der Waals surface area contributed by atoms with Crippen LogP contribution in [-0.4, -0.2) is 31.9 Å². The zero-order chi connectivity index (χ0) is 15.2. The van der Waals surface area contributed by atoms with E-state index in [1.807, 2.05) is 20.8 Å². The van der Waals surface area contributed by atoms with Gasteiger partial charge in [0.25, 0.3) is 0 Å². The highest BCUT2D eigenvalue weighted by atomic mass is 32.2. The van der Waals surface area contributed by atoms with Crippen LogP contribution < -0.4 is 5.73 Å². The van der Waals surface area contributed by atoms with Gasteiger partial charge in [0, 0.05) is 18.2 Å². The van der Waals surface area contributed by atoms with Crippen LogP contribution in [0, 0.1) is 11.8 Å². The molecule has 0 bridgehead atoms. The van der Waals surface area contributed by atoms with E-state index in [9.17, 15) is 8.42 Å². The van der Waals surface area contributed by atoms with Gasteiger partial charge in [-0.1, -0.05) is 25.7 Å². The van der Waals surface area contributed by atoms with Gasteiger partial charge < -0.3 is 5.73 Å². The van der Waals surface area contributed by atoms with Crippen molar-refractivity contribution >= 4 is 10.0 Å². The van der Waals surface area contributed by atoms with Crippen molar-refractivity contribution < 1.29 is 8.42 Å². The highest BCUT2D eigenvalue weighted by Gasteiger charge is 2.26. The summed E-state index contributed by atoms with van der Waals surface area (Å²) in [6, 6.07) is 6.60. The molecule has 0 saturated heterocycles. The van der Waals surface area contributed by atoms with E-state index in [4.69, 9.17) is 5.73 Å². The van der Waals surface area contributed by atoms with Crippen LogP contribution in [0.25, 0.3) is 0 Å². The van der Waals surface area contributed by atoms with E-state index in [-0.39, 0.29) is 12.6 Å². The maximum absolute atomic E-state index is 12.6. The van der Waals surface area contributed by atoms with Gasteiger partial charge in [0.05, 0.1) is 11.4 Å². The fourth-order valence-corrected chi connectivity index (χ4v) is 3.63. The Morgan fingerprint density at radius 1 is 1.25 bits per heavy atom. The number of hydrogen-bond acceptors (Lipinski definition) is 3. The molecule has 0 aliphatic heterocycles. The Labute approximate surface area is 122 Å². The fraction of sp³-hybridized carbons (Fsp3) is 0.467. The first-order chi connectivity index (χ1) is 9.47. The van der Waals surface area contributed by atoms with Gasteiger partial charge >= 0.3 is 0 Å². The monoisotopic (exact) mass is 294 g/mol. The Hall–Kier alpha value is -1.35. The van der Waals surface area contributed by atoms with Crippen LogP contribution in [0.5, 0.6) is 0 Å². The number of hydrogen-bond donors (Lipinski definition) is 1. The zero-order valence-electron chi connectivity index (χ0n) is 12.3. The van der Waals surface area contributed by atoms with E-state index in [1.165, 1.54) is 4.31 Å². The molecule has 0 aliphatic carbocycles. The number of benzene rings is 1. The lowest BCUT2D eigenvalue weighted by Crippen LogP contribution is -2.38. The van der Waals surface area contributed by atoms with E-state index >= 15 is 0 Å². The molecule has 1 aromatic carbocycles. The van der Waals surface area contributed by atoms with E-state index in [1.54, 1.807) is 24.3 Å². The summed E-state index contributed by atoms with van der Waals surface area (Å²) in [4.78, 5) is 0.304. The van der Waals surface area contributed by atoms with Gasteiger partial charge in [-0.05, 0) is 37.6 Å². The summed E-state index contributed by atoms with van der Waals surface area (Å²) in [5.41, 5.74) is 6.07. The predicted molar refractivity (Wildman–Crippen MR) is 81.7 cm³/mol. The van der Waals surface area contributed by atoms with Crippen LogP contribution in [0.1, 0.15) is 32.8 Å². The normalized spacial score (nSPS) is 12.8. The maximum Gasteiger partial charge on any atom is 0.243 e. The molecule has 0 spiro atoms. The minimum atomic E-state index is -3.44. The molecule has 1 unspecified atom stereocenters. The molecular formula is C15H22N2O2S. The van der Waals surface area contributed by atoms with Crippen LogP contribution in [0.3, 0.4) is 0 Å². The number of sulfonamides is 1. The second-order valence-electron chi connectivity index (χ2n) is 4.50. The molecule has 0 heterocycles. The zero-order valence-corrected chi connectivity index (χ0v) is 13.1. The van der Waals surface area contributed by atoms with Crippen molar-refractivity contribution in [3.05, 3.63) is 29.8 Å². The first-order valence-electron chi connectivity index (χ1n) is 6.78. The Kier molecular flexibility index (Phi) is 6.21. The molecule has 5 heteroatoms. The Bertz CT molecular complexity index is 583. The third-order valence-electron chi connectivity index (χ3n) is 3.19. The van der Waals surface area contributed by atoms with E-state index in [0.29, 0.717) is 11.4 Å². The lowest BCUT2D eigenvalue weighted by molar-refractivity contribution is 0.342. The summed E-state index contributed by atoms with van der Waals surface area (Å²) in [6.45, 7) is 6.51. The number of nitrogens with zero attached hydrogens (tertiary/aromatic N) is 1. The van der Waals surface area contributed by atoms with E-state index in [2.05, 4.69) is 11.8 Å². The molecule has 1 rings (SSSR count). The SMILES string of the molecule is CCC(C)N(CC)S(=O)(=O)c1ccc(C#CCN)cc1. The van der Waals surface area contributed by atoms with Crippen LogP contribution in [-0.2, 0) is 10.0 Å². The minimum absolute atomic E-state index is 0.0123. The highest BCUT2D eigenvalue weighted by Crippen LogP contribution is 2.19. The fourth-order valence-electron chi connectivity index (χ4n) is 1.92. The molecule has 0 aromatic heterocycles. The van der Waals surface area contributed by atoms with E-state index in [0.717, 1.165) is 12.0 Å². The first kappa shape index (κ1) is 16.7.